The Bertz CT molecular complexity index is 755. The lowest BCUT2D eigenvalue weighted by atomic mass is 10.1. The number of rotatable bonds is 6. The molecule has 2 aromatic rings. The van der Waals surface area contributed by atoms with Gasteiger partial charge in [-0.25, -0.2) is 4.79 Å². The Balaban J connectivity index is 1.91. The first-order chi connectivity index (χ1) is 11.9. The minimum atomic E-state index is -0.981. The zero-order chi connectivity index (χ0) is 18.4. The highest BCUT2D eigenvalue weighted by molar-refractivity contribution is 5.94. The van der Waals surface area contributed by atoms with E-state index in [1.54, 1.807) is 38.3 Å². The number of hydrogen-bond acceptors (Lipinski definition) is 5. The number of phenols is 1. The summed E-state index contributed by atoms with van der Waals surface area (Å²) in [6, 6.07) is 12.0. The first-order valence-corrected chi connectivity index (χ1v) is 7.82. The normalized spacial score (nSPS) is 11.5. The Morgan fingerprint density at radius 1 is 1.16 bits per heavy atom. The van der Waals surface area contributed by atoms with E-state index in [4.69, 9.17) is 9.47 Å². The Labute approximate surface area is 146 Å². The van der Waals surface area contributed by atoms with E-state index in [2.05, 4.69) is 5.32 Å². The highest BCUT2D eigenvalue weighted by Crippen LogP contribution is 2.22. The molecule has 1 amide bonds. The number of benzene rings is 2. The van der Waals surface area contributed by atoms with Gasteiger partial charge >= 0.3 is 5.97 Å². The van der Waals surface area contributed by atoms with Gasteiger partial charge in [-0.3, -0.25) is 4.79 Å². The summed E-state index contributed by atoms with van der Waals surface area (Å²) in [4.78, 5) is 24.2. The first-order valence-electron chi connectivity index (χ1n) is 7.82. The molecule has 0 aliphatic carbocycles. The highest BCUT2D eigenvalue weighted by Gasteiger charge is 2.21. The number of ether oxygens (including phenoxy) is 2. The molecule has 0 saturated heterocycles. The third-order valence-electron chi connectivity index (χ3n) is 3.74. The Kier molecular flexibility index (Phi) is 6.00. The molecule has 2 N–H and O–H groups in total. The number of hydrogen-bond donors (Lipinski definition) is 2. The van der Waals surface area contributed by atoms with Crippen LogP contribution in [0.2, 0.25) is 0 Å². The van der Waals surface area contributed by atoms with Gasteiger partial charge in [0.1, 0.15) is 17.1 Å². The van der Waals surface area contributed by atoms with Crippen molar-refractivity contribution in [2.75, 3.05) is 7.11 Å². The molecule has 6 nitrogen and oxygen atoms in total. The minimum absolute atomic E-state index is 0.0369. The SMILES string of the molecule is COc1ccc(CNC(=O)[C@@H](C)OC(=O)c2cccc(C)c2O)cc1. The number of amides is 1. The standard InChI is InChI=1S/C19H21NO5/c1-12-5-4-6-16(17(12)21)19(23)25-13(2)18(22)20-11-14-7-9-15(24-3)10-8-14/h4-10,13,21H,11H2,1-3H3,(H,20,22)/t13-/m1/s1. The minimum Gasteiger partial charge on any atom is -0.507 e. The zero-order valence-electron chi connectivity index (χ0n) is 14.4. The maximum Gasteiger partial charge on any atom is 0.342 e. The number of esters is 1. The van der Waals surface area contributed by atoms with E-state index in [1.807, 2.05) is 12.1 Å². The van der Waals surface area contributed by atoms with E-state index in [-0.39, 0.29) is 11.3 Å². The molecule has 0 aliphatic heterocycles. The number of nitrogens with one attached hydrogen (secondary N) is 1. The summed E-state index contributed by atoms with van der Waals surface area (Å²) in [5.41, 5.74) is 1.49. The molecule has 132 valence electrons. The Morgan fingerprint density at radius 2 is 1.84 bits per heavy atom. The van der Waals surface area contributed by atoms with Crippen molar-refractivity contribution in [1.82, 2.24) is 5.32 Å². The van der Waals surface area contributed by atoms with Crippen LogP contribution in [-0.2, 0) is 16.1 Å². The second-order valence-electron chi connectivity index (χ2n) is 5.58. The van der Waals surface area contributed by atoms with E-state index in [9.17, 15) is 14.7 Å². The van der Waals surface area contributed by atoms with Crippen LogP contribution in [0.4, 0.5) is 0 Å². The molecule has 2 rings (SSSR count). The fourth-order valence-electron chi connectivity index (χ4n) is 2.18. The molecule has 0 fully saturated rings. The first kappa shape index (κ1) is 18.3. The molecule has 0 aliphatic rings. The summed E-state index contributed by atoms with van der Waals surface area (Å²) in [6.45, 7) is 3.46. The Hall–Kier alpha value is -3.02. The fourth-order valence-corrected chi connectivity index (χ4v) is 2.18. The van der Waals surface area contributed by atoms with Gasteiger partial charge < -0.3 is 19.9 Å². The predicted molar refractivity (Wildman–Crippen MR) is 92.6 cm³/mol. The van der Waals surface area contributed by atoms with Gasteiger partial charge in [0.05, 0.1) is 7.11 Å². The topological polar surface area (TPSA) is 84.9 Å². The monoisotopic (exact) mass is 343 g/mol. The van der Waals surface area contributed by atoms with Crippen LogP contribution in [0.1, 0.15) is 28.4 Å². The van der Waals surface area contributed by atoms with E-state index < -0.39 is 18.0 Å². The molecular formula is C19H21NO5. The fraction of sp³-hybridized carbons (Fsp3) is 0.263. The molecule has 0 bridgehead atoms. The largest absolute Gasteiger partial charge is 0.507 e. The number of carbonyl (C=O) groups excluding carboxylic acids is 2. The van der Waals surface area contributed by atoms with Crippen molar-refractivity contribution in [1.29, 1.82) is 0 Å². The third-order valence-corrected chi connectivity index (χ3v) is 3.74. The van der Waals surface area contributed by atoms with Gasteiger partial charge in [0.25, 0.3) is 5.91 Å². The van der Waals surface area contributed by atoms with Crippen LogP contribution in [-0.4, -0.2) is 30.2 Å². The van der Waals surface area contributed by atoms with E-state index >= 15 is 0 Å². The zero-order valence-corrected chi connectivity index (χ0v) is 14.4. The average molecular weight is 343 g/mol. The summed E-state index contributed by atoms with van der Waals surface area (Å²) in [6.07, 6.45) is -0.981. The van der Waals surface area contributed by atoms with Crippen molar-refractivity contribution < 1.29 is 24.2 Å². The lowest BCUT2D eigenvalue weighted by molar-refractivity contribution is -0.129. The second-order valence-corrected chi connectivity index (χ2v) is 5.58. The van der Waals surface area contributed by atoms with Crippen molar-refractivity contribution in [3.05, 3.63) is 59.2 Å². The van der Waals surface area contributed by atoms with Gasteiger partial charge in [0.2, 0.25) is 0 Å². The quantitative estimate of drug-likeness (QED) is 0.788. The molecule has 0 unspecified atom stereocenters. The third kappa shape index (κ3) is 4.73. The van der Waals surface area contributed by atoms with Gasteiger partial charge in [-0.05, 0) is 43.2 Å². The van der Waals surface area contributed by atoms with Crippen LogP contribution in [0.25, 0.3) is 0 Å². The van der Waals surface area contributed by atoms with Gasteiger partial charge in [-0.1, -0.05) is 24.3 Å². The molecule has 0 saturated carbocycles. The smallest absolute Gasteiger partial charge is 0.342 e. The molecule has 6 heteroatoms. The highest BCUT2D eigenvalue weighted by atomic mass is 16.5. The van der Waals surface area contributed by atoms with Gasteiger partial charge in [0, 0.05) is 6.54 Å². The molecule has 0 spiro atoms. The van der Waals surface area contributed by atoms with Crippen molar-refractivity contribution in [3.8, 4) is 11.5 Å². The lowest BCUT2D eigenvalue weighted by Crippen LogP contribution is -2.35. The molecule has 2 aromatic carbocycles. The van der Waals surface area contributed by atoms with Crippen molar-refractivity contribution in [2.45, 2.75) is 26.5 Å². The maximum absolute atomic E-state index is 12.1. The maximum atomic E-state index is 12.1. The van der Waals surface area contributed by atoms with E-state index in [1.165, 1.54) is 13.0 Å². The average Bonchev–Trinajstić information content (AvgIpc) is 2.62. The summed E-state index contributed by atoms with van der Waals surface area (Å²) in [5.74, 6) is -0.571. The summed E-state index contributed by atoms with van der Waals surface area (Å²) < 4.78 is 10.2. The van der Waals surface area contributed by atoms with Crippen molar-refractivity contribution in [2.24, 2.45) is 0 Å². The summed E-state index contributed by atoms with van der Waals surface area (Å²) in [7, 11) is 1.58. The molecule has 1 atom stereocenters. The van der Waals surface area contributed by atoms with Crippen molar-refractivity contribution >= 4 is 11.9 Å². The molecular weight excluding hydrogens is 322 g/mol. The second kappa shape index (κ2) is 8.19. The van der Waals surface area contributed by atoms with Gasteiger partial charge in [0.15, 0.2) is 6.10 Å². The Morgan fingerprint density at radius 3 is 2.48 bits per heavy atom. The van der Waals surface area contributed by atoms with Crippen LogP contribution in [0.5, 0.6) is 11.5 Å². The number of aryl methyl sites for hydroxylation is 1. The number of aromatic hydroxyl groups is 1. The molecule has 0 aromatic heterocycles. The van der Waals surface area contributed by atoms with Crippen LogP contribution in [0, 0.1) is 6.92 Å². The van der Waals surface area contributed by atoms with Crippen LogP contribution in [0.15, 0.2) is 42.5 Å². The van der Waals surface area contributed by atoms with Crippen LogP contribution in [0.3, 0.4) is 0 Å². The summed E-state index contributed by atoms with van der Waals surface area (Å²) >= 11 is 0. The lowest BCUT2D eigenvalue weighted by Gasteiger charge is -2.14. The van der Waals surface area contributed by atoms with E-state index in [0.29, 0.717) is 12.1 Å². The van der Waals surface area contributed by atoms with E-state index in [0.717, 1.165) is 11.3 Å². The van der Waals surface area contributed by atoms with Crippen LogP contribution < -0.4 is 10.1 Å². The van der Waals surface area contributed by atoms with Crippen LogP contribution >= 0.6 is 0 Å². The number of carbonyl (C=O) groups is 2. The van der Waals surface area contributed by atoms with Gasteiger partial charge in [-0.15, -0.1) is 0 Å². The number of para-hydroxylation sites is 1. The molecule has 0 heterocycles. The molecule has 25 heavy (non-hydrogen) atoms. The predicted octanol–water partition coefficient (Wildman–Crippen LogP) is 2.57. The number of methoxy groups -OCH3 is 1. The van der Waals surface area contributed by atoms with Crippen molar-refractivity contribution in [3.63, 3.8) is 0 Å². The number of phenolic OH excluding ortho intramolecular Hbond substituents is 1. The van der Waals surface area contributed by atoms with Gasteiger partial charge in [-0.2, -0.15) is 0 Å². The molecule has 0 radical (unpaired) electrons. The summed E-state index contributed by atoms with van der Waals surface area (Å²) in [5, 5.41) is 12.6.